The summed E-state index contributed by atoms with van der Waals surface area (Å²) in [6.45, 7) is 0.736. The van der Waals surface area contributed by atoms with E-state index in [0.717, 1.165) is 29.8 Å². The van der Waals surface area contributed by atoms with Crippen LogP contribution in [-0.4, -0.2) is 28.5 Å². The quantitative estimate of drug-likeness (QED) is 0.456. The van der Waals surface area contributed by atoms with Gasteiger partial charge in [0.1, 0.15) is 11.6 Å². The zero-order valence-corrected chi connectivity index (χ0v) is 16.6. The van der Waals surface area contributed by atoms with E-state index < -0.39 is 0 Å². The van der Waals surface area contributed by atoms with Gasteiger partial charge >= 0.3 is 0 Å². The molecule has 2 N–H and O–H groups in total. The maximum atomic E-state index is 13.6. The molecule has 0 unspecified atom stereocenters. The van der Waals surface area contributed by atoms with Gasteiger partial charge in [-0.15, -0.1) is 0 Å². The Morgan fingerprint density at radius 1 is 0.867 bits per heavy atom. The molecular formula is C24H22FN5. The highest BCUT2D eigenvalue weighted by Crippen LogP contribution is 2.27. The molecule has 2 heterocycles. The van der Waals surface area contributed by atoms with Crippen molar-refractivity contribution in [3.63, 3.8) is 0 Å². The third kappa shape index (κ3) is 4.60. The van der Waals surface area contributed by atoms with Crippen molar-refractivity contribution in [1.82, 2.24) is 15.0 Å². The third-order valence-corrected chi connectivity index (χ3v) is 4.71. The summed E-state index contributed by atoms with van der Waals surface area (Å²) in [5.41, 5.74) is 4.18. The molecule has 0 aliphatic carbocycles. The number of halogens is 1. The molecule has 0 spiro atoms. The summed E-state index contributed by atoms with van der Waals surface area (Å²) in [6.07, 6.45) is 2.64. The van der Waals surface area contributed by atoms with Gasteiger partial charge in [0.25, 0.3) is 0 Å². The maximum absolute atomic E-state index is 13.6. The predicted octanol–water partition coefficient (Wildman–Crippen LogP) is 5.04. The lowest BCUT2D eigenvalue weighted by molar-refractivity contribution is 0.628. The van der Waals surface area contributed by atoms with Gasteiger partial charge in [0.15, 0.2) is 0 Å². The van der Waals surface area contributed by atoms with E-state index in [4.69, 9.17) is 0 Å². The normalized spacial score (nSPS) is 10.6. The van der Waals surface area contributed by atoms with Crippen LogP contribution in [0.15, 0.2) is 79.0 Å². The molecule has 4 rings (SSSR count). The SMILES string of the molecule is CNc1nc(NCCc2ccccc2)ncc1-c1cccc(-c2cccc(F)c2)n1. The van der Waals surface area contributed by atoms with Gasteiger partial charge in [-0.05, 0) is 36.2 Å². The molecule has 2 aromatic carbocycles. The van der Waals surface area contributed by atoms with E-state index >= 15 is 0 Å². The summed E-state index contributed by atoms with van der Waals surface area (Å²) < 4.78 is 13.6. The number of hydrogen-bond donors (Lipinski definition) is 2. The monoisotopic (exact) mass is 399 g/mol. The minimum Gasteiger partial charge on any atom is -0.372 e. The van der Waals surface area contributed by atoms with Crippen LogP contribution in [0, 0.1) is 5.82 Å². The van der Waals surface area contributed by atoms with Crippen LogP contribution in [-0.2, 0) is 6.42 Å². The molecule has 2 aromatic heterocycles. The molecule has 150 valence electrons. The Kier molecular flexibility index (Phi) is 5.94. The van der Waals surface area contributed by atoms with Crippen LogP contribution in [0.25, 0.3) is 22.5 Å². The molecule has 0 fully saturated rings. The van der Waals surface area contributed by atoms with Gasteiger partial charge in [-0.2, -0.15) is 4.98 Å². The first kappa shape index (κ1) is 19.5. The van der Waals surface area contributed by atoms with Gasteiger partial charge in [-0.25, -0.2) is 14.4 Å². The molecule has 0 aliphatic rings. The Labute approximate surface area is 175 Å². The summed E-state index contributed by atoms with van der Waals surface area (Å²) in [6, 6.07) is 22.3. The average Bonchev–Trinajstić information content (AvgIpc) is 2.80. The van der Waals surface area contributed by atoms with Gasteiger partial charge in [0.05, 0.1) is 17.0 Å². The standard InChI is InChI=1S/C24H22FN5/c1-26-23-20(16-28-24(30-23)27-14-13-17-7-3-2-4-8-17)22-12-6-11-21(29-22)18-9-5-10-19(25)15-18/h2-12,15-16H,13-14H2,1H3,(H2,26,27,28,30). The van der Waals surface area contributed by atoms with Crippen molar-refractivity contribution in [3.8, 4) is 22.5 Å². The minimum atomic E-state index is -0.287. The Balaban J connectivity index is 1.54. The number of pyridine rings is 1. The molecule has 0 aliphatic heterocycles. The van der Waals surface area contributed by atoms with Crippen molar-refractivity contribution >= 4 is 11.8 Å². The van der Waals surface area contributed by atoms with Crippen LogP contribution >= 0.6 is 0 Å². The smallest absolute Gasteiger partial charge is 0.224 e. The fourth-order valence-electron chi connectivity index (χ4n) is 3.20. The van der Waals surface area contributed by atoms with E-state index in [9.17, 15) is 4.39 Å². The number of benzene rings is 2. The Bertz CT molecular complexity index is 1130. The predicted molar refractivity (Wildman–Crippen MR) is 119 cm³/mol. The summed E-state index contributed by atoms with van der Waals surface area (Å²) >= 11 is 0. The highest BCUT2D eigenvalue weighted by atomic mass is 19.1. The molecule has 0 amide bonds. The average molecular weight is 399 g/mol. The maximum Gasteiger partial charge on any atom is 0.224 e. The van der Waals surface area contributed by atoms with Crippen LogP contribution in [0.4, 0.5) is 16.2 Å². The van der Waals surface area contributed by atoms with Crippen molar-refractivity contribution in [3.05, 3.63) is 90.4 Å². The number of aromatic nitrogens is 3. The van der Waals surface area contributed by atoms with E-state index in [0.29, 0.717) is 17.5 Å². The highest BCUT2D eigenvalue weighted by molar-refractivity contribution is 5.74. The fourth-order valence-corrected chi connectivity index (χ4v) is 3.20. The molecule has 0 saturated heterocycles. The zero-order valence-electron chi connectivity index (χ0n) is 16.6. The number of nitrogens with one attached hydrogen (secondary N) is 2. The highest BCUT2D eigenvalue weighted by Gasteiger charge is 2.11. The fraction of sp³-hybridized carbons (Fsp3) is 0.125. The van der Waals surface area contributed by atoms with Crippen molar-refractivity contribution in [2.45, 2.75) is 6.42 Å². The van der Waals surface area contributed by atoms with Gasteiger partial charge in [-0.3, -0.25) is 0 Å². The summed E-state index contributed by atoms with van der Waals surface area (Å²) in [5, 5.41) is 6.39. The van der Waals surface area contributed by atoms with E-state index in [2.05, 4.69) is 37.7 Å². The van der Waals surface area contributed by atoms with Gasteiger partial charge < -0.3 is 10.6 Å². The van der Waals surface area contributed by atoms with Crippen LogP contribution in [0.5, 0.6) is 0 Å². The molecule has 0 bridgehead atoms. The first-order valence-corrected chi connectivity index (χ1v) is 9.79. The lowest BCUT2D eigenvalue weighted by Gasteiger charge is -2.11. The zero-order chi connectivity index (χ0) is 20.8. The van der Waals surface area contributed by atoms with E-state index in [1.807, 2.05) is 49.5 Å². The molecule has 0 atom stereocenters. The largest absolute Gasteiger partial charge is 0.372 e. The molecule has 0 radical (unpaired) electrons. The van der Waals surface area contributed by atoms with E-state index in [-0.39, 0.29) is 5.82 Å². The molecule has 6 heteroatoms. The number of anilines is 2. The Morgan fingerprint density at radius 2 is 1.67 bits per heavy atom. The molecular weight excluding hydrogens is 377 g/mol. The van der Waals surface area contributed by atoms with Crippen molar-refractivity contribution < 1.29 is 4.39 Å². The second kappa shape index (κ2) is 9.13. The van der Waals surface area contributed by atoms with Crippen LogP contribution in [0.1, 0.15) is 5.56 Å². The topological polar surface area (TPSA) is 62.7 Å². The number of nitrogens with zero attached hydrogens (tertiary/aromatic N) is 3. The Hall–Kier alpha value is -3.80. The number of rotatable bonds is 7. The summed E-state index contributed by atoms with van der Waals surface area (Å²) in [4.78, 5) is 13.7. The molecule has 30 heavy (non-hydrogen) atoms. The Morgan fingerprint density at radius 3 is 2.47 bits per heavy atom. The second-order valence-corrected chi connectivity index (χ2v) is 6.79. The van der Waals surface area contributed by atoms with Crippen LogP contribution in [0.2, 0.25) is 0 Å². The second-order valence-electron chi connectivity index (χ2n) is 6.79. The van der Waals surface area contributed by atoms with Crippen molar-refractivity contribution in [1.29, 1.82) is 0 Å². The van der Waals surface area contributed by atoms with Gasteiger partial charge in [0, 0.05) is 25.4 Å². The molecule has 0 saturated carbocycles. The third-order valence-electron chi connectivity index (χ3n) is 4.71. The van der Waals surface area contributed by atoms with Crippen LogP contribution in [0.3, 0.4) is 0 Å². The van der Waals surface area contributed by atoms with E-state index in [1.165, 1.54) is 17.7 Å². The number of hydrogen-bond acceptors (Lipinski definition) is 5. The summed E-state index contributed by atoms with van der Waals surface area (Å²) in [7, 11) is 1.82. The van der Waals surface area contributed by atoms with E-state index in [1.54, 1.807) is 12.3 Å². The lowest BCUT2D eigenvalue weighted by atomic mass is 10.1. The molecule has 4 aromatic rings. The van der Waals surface area contributed by atoms with Gasteiger partial charge in [-0.1, -0.05) is 48.5 Å². The minimum absolute atomic E-state index is 0.287. The van der Waals surface area contributed by atoms with Crippen molar-refractivity contribution in [2.75, 3.05) is 24.2 Å². The lowest BCUT2D eigenvalue weighted by Crippen LogP contribution is -2.09. The molecule has 5 nitrogen and oxygen atoms in total. The van der Waals surface area contributed by atoms with Crippen molar-refractivity contribution in [2.24, 2.45) is 0 Å². The first-order valence-electron chi connectivity index (χ1n) is 9.79. The van der Waals surface area contributed by atoms with Gasteiger partial charge in [0.2, 0.25) is 5.95 Å². The summed E-state index contributed by atoms with van der Waals surface area (Å²) in [5.74, 6) is 0.946. The van der Waals surface area contributed by atoms with Crippen LogP contribution < -0.4 is 10.6 Å². The first-order chi connectivity index (χ1) is 14.7.